The van der Waals surface area contributed by atoms with E-state index in [1.807, 2.05) is 0 Å². The Kier molecular flexibility index (Phi) is 4.07. The van der Waals surface area contributed by atoms with Gasteiger partial charge in [-0.15, -0.1) is 0 Å². The highest BCUT2D eigenvalue weighted by atomic mass is 14.9. The third-order valence-corrected chi connectivity index (χ3v) is 3.22. The van der Waals surface area contributed by atoms with E-state index in [2.05, 4.69) is 19.2 Å². The summed E-state index contributed by atoms with van der Waals surface area (Å²) < 4.78 is 0. The van der Waals surface area contributed by atoms with Gasteiger partial charge in [0.25, 0.3) is 0 Å². The monoisotopic (exact) mass is 169 g/mol. The van der Waals surface area contributed by atoms with Crippen LogP contribution in [0.3, 0.4) is 0 Å². The van der Waals surface area contributed by atoms with Crippen molar-refractivity contribution < 1.29 is 0 Å². The molecule has 1 aliphatic rings. The normalized spacial score (nSPS) is 22.5. The molecule has 0 unspecified atom stereocenters. The summed E-state index contributed by atoms with van der Waals surface area (Å²) >= 11 is 0. The van der Waals surface area contributed by atoms with E-state index < -0.39 is 0 Å². The van der Waals surface area contributed by atoms with E-state index in [1.165, 1.54) is 51.6 Å². The first kappa shape index (κ1) is 10.0. The number of nitrogens with one attached hydrogen (secondary N) is 1. The molecule has 0 aliphatic carbocycles. The first-order valence-corrected chi connectivity index (χ1v) is 5.54. The Labute approximate surface area is 76.9 Å². The molecule has 12 heavy (non-hydrogen) atoms. The van der Waals surface area contributed by atoms with Crippen molar-refractivity contribution in [2.45, 2.75) is 52.4 Å². The van der Waals surface area contributed by atoms with E-state index in [9.17, 15) is 0 Å². The average molecular weight is 169 g/mol. The van der Waals surface area contributed by atoms with Crippen molar-refractivity contribution in [3.8, 4) is 0 Å². The van der Waals surface area contributed by atoms with Gasteiger partial charge in [0.15, 0.2) is 0 Å². The molecule has 0 aromatic heterocycles. The molecular weight excluding hydrogens is 146 g/mol. The van der Waals surface area contributed by atoms with Gasteiger partial charge in [-0.25, -0.2) is 0 Å². The van der Waals surface area contributed by atoms with Crippen molar-refractivity contribution in [1.82, 2.24) is 5.32 Å². The maximum Gasteiger partial charge on any atom is -0.00436 e. The highest BCUT2D eigenvalue weighted by molar-refractivity contribution is 4.83. The summed E-state index contributed by atoms with van der Waals surface area (Å²) in [5.74, 6) is 0. The fourth-order valence-electron chi connectivity index (χ4n) is 2.64. The van der Waals surface area contributed by atoms with E-state index in [4.69, 9.17) is 0 Å². The number of hydrogen-bond donors (Lipinski definition) is 1. The van der Waals surface area contributed by atoms with Gasteiger partial charge in [-0.05, 0) is 44.2 Å². The Hall–Kier alpha value is -0.0400. The van der Waals surface area contributed by atoms with Gasteiger partial charge in [-0.2, -0.15) is 0 Å². The van der Waals surface area contributed by atoms with Crippen LogP contribution in [-0.4, -0.2) is 13.1 Å². The average Bonchev–Trinajstić information content (AvgIpc) is 2.07. The van der Waals surface area contributed by atoms with Gasteiger partial charge in [-0.3, -0.25) is 0 Å². The maximum atomic E-state index is 3.46. The zero-order valence-electron chi connectivity index (χ0n) is 8.66. The van der Waals surface area contributed by atoms with Crippen molar-refractivity contribution in [2.24, 2.45) is 5.41 Å². The molecule has 0 atom stereocenters. The highest BCUT2D eigenvalue weighted by Crippen LogP contribution is 2.38. The van der Waals surface area contributed by atoms with E-state index in [1.54, 1.807) is 0 Å². The molecule has 1 N–H and O–H groups in total. The van der Waals surface area contributed by atoms with Crippen LogP contribution in [0.4, 0.5) is 0 Å². The first-order valence-electron chi connectivity index (χ1n) is 5.54. The minimum atomic E-state index is 0.717. The number of rotatable bonds is 4. The molecule has 0 saturated carbocycles. The van der Waals surface area contributed by atoms with Crippen molar-refractivity contribution in [3.63, 3.8) is 0 Å². The summed E-state index contributed by atoms with van der Waals surface area (Å²) in [6.45, 7) is 7.14. The fraction of sp³-hybridized carbons (Fsp3) is 1.00. The summed E-state index contributed by atoms with van der Waals surface area (Å²) in [6.07, 6.45) is 8.44. The number of piperidine rings is 1. The molecule has 0 aromatic rings. The molecule has 0 bridgehead atoms. The van der Waals surface area contributed by atoms with Gasteiger partial charge in [0.2, 0.25) is 0 Å². The van der Waals surface area contributed by atoms with Gasteiger partial charge < -0.3 is 5.32 Å². The summed E-state index contributed by atoms with van der Waals surface area (Å²) in [5, 5.41) is 3.46. The van der Waals surface area contributed by atoms with Gasteiger partial charge in [-0.1, -0.05) is 26.7 Å². The van der Waals surface area contributed by atoms with Crippen LogP contribution in [0.5, 0.6) is 0 Å². The second-order valence-corrected chi connectivity index (χ2v) is 4.25. The second-order valence-electron chi connectivity index (χ2n) is 4.25. The smallest absolute Gasteiger partial charge is 0.00436 e. The summed E-state index contributed by atoms with van der Waals surface area (Å²) in [7, 11) is 0. The third-order valence-electron chi connectivity index (χ3n) is 3.22. The molecule has 1 saturated heterocycles. The predicted molar refractivity (Wildman–Crippen MR) is 54.4 cm³/mol. The Morgan fingerprint density at radius 2 is 1.50 bits per heavy atom. The molecule has 0 aromatic carbocycles. The molecular formula is C11H23N. The van der Waals surface area contributed by atoms with Crippen molar-refractivity contribution in [3.05, 3.63) is 0 Å². The summed E-state index contributed by atoms with van der Waals surface area (Å²) in [5.41, 5.74) is 0.717. The van der Waals surface area contributed by atoms with Gasteiger partial charge in [0.05, 0.1) is 0 Å². The van der Waals surface area contributed by atoms with Gasteiger partial charge >= 0.3 is 0 Å². The minimum Gasteiger partial charge on any atom is -0.317 e. The fourth-order valence-corrected chi connectivity index (χ4v) is 2.64. The topological polar surface area (TPSA) is 12.0 Å². The Balaban J connectivity index is 2.44. The molecule has 1 heterocycles. The third kappa shape index (κ3) is 2.48. The minimum absolute atomic E-state index is 0.717. The van der Waals surface area contributed by atoms with Crippen LogP contribution < -0.4 is 5.32 Å². The van der Waals surface area contributed by atoms with Gasteiger partial charge in [0.1, 0.15) is 0 Å². The molecule has 0 amide bonds. The molecule has 1 aliphatic heterocycles. The van der Waals surface area contributed by atoms with Crippen molar-refractivity contribution in [1.29, 1.82) is 0 Å². The van der Waals surface area contributed by atoms with Crippen LogP contribution in [-0.2, 0) is 0 Å². The van der Waals surface area contributed by atoms with E-state index >= 15 is 0 Å². The zero-order valence-corrected chi connectivity index (χ0v) is 8.66. The Morgan fingerprint density at radius 1 is 1.00 bits per heavy atom. The van der Waals surface area contributed by atoms with Crippen LogP contribution in [0.25, 0.3) is 0 Å². The second kappa shape index (κ2) is 4.86. The van der Waals surface area contributed by atoms with Crippen LogP contribution in [0.2, 0.25) is 0 Å². The first-order chi connectivity index (χ1) is 5.83. The summed E-state index contributed by atoms with van der Waals surface area (Å²) in [4.78, 5) is 0. The SMILES string of the molecule is CCCC1(CCC)CCNCC1. The molecule has 1 rings (SSSR count). The largest absolute Gasteiger partial charge is 0.317 e. The molecule has 1 heteroatoms. The van der Waals surface area contributed by atoms with Gasteiger partial charge in [0, 0.05) is 0 Å². The Morgan fingerprint density at radius 3 is 1.92 bits per heavy atom. The summed E-state index contributed by atoms with van der Waals surface area (Å²) in [6, 6.07) is 0. The lowest BCUT2D eigenvalue weighted by Crippen LogP contribution is -2.36. The molecule has 72 valence electrons. The van der Waals surface area contributed by atoms with Crippen molar-refractivity contribution in [2.75, 3.05) is 13.1 Å². The highest BCUT2D eigenvalue weighted by Gasteiger charge is 2.29. The molecule has 1 nitrogen and oxygen atoms in total. The molecule has 0 radical (unpaired) electrons. The van der Waals surface area contributed by atoms with Crippen LogP contribution in [0, 0.1) is 5.41 Å². The predicted octanol–water partition coefficient (Wildman–Crippen LogP) is 2.96. The molecule has 0 spiro atoms. The van der Waals surface area contributed by atoms with E-state index in [-0.39, 0.29) is 0 Å². The van der Waals surface area contributed by atoms with Crippen molar-refractivity contribution >= 4 is 0 Å². The molecule has 1 fully saturated rings. The van der Waals surface area contributed by atoms with Crippen LogP contribution >= 0.6 is 0 Å². The maximum absolute atomic E-state index is 3.46. The quantitative estimate of drug-likeness (QED) is 0.682. The Bertz CT molecular complexity index is 98.7. The van der Waals surface area contributed by atoms with Crippen LogP contribution in [0.1, 0.15) is 52.4 Å². The standard InChI is InChI=1S/C11H23N/c1-3-5-11(6-4-2)7-9-12-10-8-11/h12H,3-10H2,1-2H3. The lowest BCUT2D eigenvalue weighted by molar-refractivity contribution is 0.165. The lowest BCUT2D eigenvalue weighted by atomic mass is 9.72. The van der Waals surface area contributed by atoms with E-state index in [0.717, 1.165) is 5.41 Å². The van der Waals surface area contributed by atoms with Crippen LogP contribution in [0.15, 0.2) is 0 Å². The van der Waals surface area contributed by atoms with E-state index in [0.29, 0.717) is 0 Å². The zero-order chi connectivity index (χ0) is 8.86. The lowest BCUT2D eigenvalue weighted by Gasteiger charge is -2.37. The number of hydrogen-bond acceptors (Lipinski definition) is 1.